The maximum Gasteiger partial charge on any atom is 0.459 e. The number of nitrogen functional groups attached to an aromatic ring is 1. The number of hydrogen-bond donors (Lipinski definition) is 4. The number of fused-ring (bicyclic) bond motifs is 2. The lowest BCUT2D eigenvalue weighted by molar-refractivity contribution is -0.156. The molecule has 230 valence electrons. The molecule has 14 nitrogen and oxygen atoms in total. The van der Waals surface area contributed by atoms with Crippen LogP contribution in [0.15, 0.2) is 55.1 Å². The minimum absolute atomic E-state index is 0.138. The van der Waals surface area contributed by atoms with Crippen LogP contribution in [-0.4, -0.2) is 71.8 Å². The smallest absolute Gasteiger partial charge is 0.459 e. The summed E-state index contributed by atoms with van der Waals surface area (Å²) in [4.78, 5) is 25.1. The highest BCUT2D eigenvalue weighted by molar-refractivity contribution is 7.52. The number of nitrogens with zero attached hydrogens (tertiary/aromatic N) is 4. The van der Waals surface area contributed by atoms with Crippen LogP contribution in [0.1, 0.15) is 40.8 Å². The minimum atomic E-state index is -4.35. The number of hydrogen-bond acceptors (Lipinski definition) is 12. The summed E-state index contributed by atoms with van der Waals surface area (Å²) in [6, 6.07) is 11.4. The molecule has 2 unspecified atom stereocenters. The number of imidazole rings is 1. The monoisotopic (exact) mass is 614 g/mol. The number of aromatic nitrogens is 4. The minimum Gasteiger partial charge on any atom is -0.459 e. The Morgan fingerprint density at radius 1 is 1.21 bits per heavy atom. The van der Waals surface area contributed by atoms with Crippen molar-refractivity contribution < 1.29 is 38.1 Å². The third-order valence-electron chi connectivity index (χ3n) is 6.88. The molecule has 0 saturated carbocycles. The van der Waals surface area contributed by atoms with E-state index in [-0.39, 0.29) is 17.2 Å². The van der Waals surface area contributed by atoms with Gasteiger partial charge >= 0.3 is 13.7 Å². The van der Waals surface area contributed by atoms with Gasteiger partial charge in [0.15, 0.2) is 17.7 Å². The Kier molecular flexibility index (Phi) is 8.20. The number of rotatable bonds is 9. The van der Waals surface area contributed by atoms with Crippen molar-refractivity contribution in [3.63, 3.8) is 0 Å². The van der Waals surface area contributed by atoms with E-state index in [0.717, 1.165) is 5.39 Å². The maximum atomic E-state index is 14.2. The highest BCUT2D eigenvalue weighted by Crippen LogP contribution is 2.48. The molecule has 4 aromatic rings. The summed E-state index contributed by atoms with van der Waals surface area (Å²) in [6.07, 6.45) is -1.23. The lowest BCUT2D eigenvalue weighted by atomic mass is 9.96. The molecular formula is C28H35N6O8P. The highest BCUT2D eigenvalue weighted by atomic mass is 31.2. The molecule has 1 aliphatic rings. The number of benzene rings is 2. The third-order valence-corrected chi connectivity index (χ3v) is 8.51. The standard InChI is InChI=1S/C28H35N6O8P/c1-16(25(36)41-27(2,3)4)33-43(38,42-19-12-8-10-17-9-6-7-11-18(17)19)39-13-20-22(35)28(5,37)26(40-20)34-15-32-21-23(29)30-14-31-24(21)34/h6-12,14-16,20,22,26,35,37H,13H2,1-5H3,(H,33,38)(H2,29,30,31)/t16-,20+,22-,26+,28?,43?/m0/s1. The summed E-state index contributed by atoms with van der Waals surface area (Å²) >= 11 is 0. The fourth-order valence-corrected chi connectivity index (χ4v) is 6.29. The SMILES string of the molecule is C[C@H](NP(=O)(OC[C@H]1O[C@@H](n2cnc3c(N)ncnc32)C(C)(O)[C@H]1O)Oc1cccc2ccccc12)C(=O)OC(C)(C)C. The fraction of sp³-hybridized carbons (Fsp3) is 0.429. The Hall–Kier alpha value is -3.65. The summed E-state index contributed by atoms with van der Waals surface area (Å²) in [6.45, 7) is 7.50. The van der Waals surface area contributed by atoms with Gasteiger partial charge in [-0.3, -0.25) is 13.9 Å². The largest absolute Gasteiger partial charge is 0.459 e. The average molecular weight is 615 g/mol. The van der Waals surface area contributed by atoms with Crippen molar-refractivity contribution >= 4 is 41.5 Å². The zero-order chi connectivity index (χ0) is 31.2. The number of esters is 1. The number of carbonyl (C=O) groups excluding carboxylic acids is 1. The lowest BCUT2D eigenvalue weighted by Gasteiger charge is -2.28. The molecule has 0 radical (unpaired) electrons. The number of carbonyl (C=O) groups is 1. The second-order valence-electron chi connectivity index (χ2n) is 11.5. The summed E-state index contributed by atoms with van der Waals surface area (Å²) in [5.41, 5.74) is 3.84. The predicted molar refractivity (Wildman–Crippen MR) is 157 cm³/mol. The molecule has 0 amide bonds. The normalized spacial score (nSPS) is 24.6. The number of aliphatic hydroxyl groups is 2. The summed E-state index contributed by atoms with van der Waals surface area (Å²) < 4.78 is 38.9. The second-order valence-corrected chi connectivity index (χ2v) is 13.2. The Balaban J connectivity index is 1.41. The van der Waals surface area contributed by atoms with Crippen molar-refractivity contribution in [3.8, 4) is 5.75 Å². The van der Waals surface area contributed by atoms with Crippen molar-refractivity contribution in [2.24, 2.45) is 0 Å². The molecule has 0 aliphatic carbocycles. The summed E-state index contributed by atoms with van der Waals surface area (Å²) in [7, 11) is -4.35. The van der Waals surface area contributed by atoms with Gasteiger partial charge in [-0.2, -0.15) is 5.09 Å². The summed E-state index contributed by atoms with van der Waals surface area (Å²) in [5, 5.41) is 26.5. The van der Waals surface area contributed by atoms with Gasteiger partial charge in [-0.1, -0.05) is 36.4 Å². The van der Waals surface area contributed by atoms with Gasteiger partial charge in [0.05, 0.1) is 12.9 Å². The van der Waals surface area contributed by atoms with Crippen LogP contribution in [0.5, 0.6) is 5.75 Å². The van der Waals surface area contributed by atoms with Crippen LogP contribution in [0.2, 0.25) is 0 Å². The Morgan fingerprint density at radius 2 is 1.93 bits per heavy atom. The molecule has 2 aromatic carbocycles. The van der Waals surface area contributed by atoms with Gasteiger partial charge in [0, 0.05) is 5.39 Å². The average Bonchev–Trinajstić information content (AvgIpc) is 3.45. The number of ether oxygens (including phenoxy) is 2. The van der Waals surface area contributed by atoms with E-state index in [0.29, 0.717) is 10.9 Å². The van der Waals surface area contributed by atoms with Gasteiger partial charge in [-0.15, -0.1) is 0 Å². The maximum absolute atomic E-state index is 14.2. The van der Waals surface area contributed by atoms with E-state index in [1.807, 2.05) is 18.2 Å². The van der Waals surface area contributed by atoms with E-state index in [4.69, 9.17) is 24.3 Å². The van der Waals surface area contributed by atoms with Crippen LogP contribution < -0.4 is 15.3 Å². The highest BCUT2D eigenvalue weighted by Gasteiger charge is 2.54. The molecule has 1 aliphatic heterocycles. The van der Waals surface area contributed by atoms with Gasteiger partial charge in [0.1, 0.15) is 47.0 Å². The topological polar surface area (TPSA) is 193 Å². The molecule has 3 heterocycles. The van der Waals surface area contributed by atoms with Crippen LogP contribution >= 0.6 is 7.75 Å². The zero-order valence-electron chi connectivity index (χ0n) is 24.4. The molecule has 15 heteroatoms. The van der Waals surface area contributed by atoms with Gasteiger partial charge in [-0.25, -0.2) is 19.5 Å². The Labute approximate surface area is 247 Å². The number of nitrogens with two attached hydrogens (primary N) is 1. The van der Waals surface area contributed by atoms with Gasteiger partial charge in [-0.05, 0) is 46.1 Å². The van der Waals surface area contributed by atoms with E-state index >= 15 is 0 Å². The summed E-state index contributed by atoms with van der Waals surface area (Å²) in [5.74, 6) is -0.296. The van der Waals surface area contributed by atoms with Crippen LogP contribution in [0, 0.1) is 0 Å². The zero-order valence-corrected chi connectivity index (χ0v) is 25.3. The lowest BCUT2D eigenvalue weighted by Crippen LogP contribution is -2.44. The van der Waals surface area contributed by atoms with Crippen LogP contribution in [0.3, 0.4) is 0 Å². The first-order valence-electron chi connectivity index (χ1n) is 13.6. The molecule has 0 bridgehead atoms. The number of nitrogens with one attached hydrogen (secondary N) is 1. The van der Waals surface area contributed by atoms with Crippen molar-refractivity contribution in [3.05, 3.63) is 55.1 Å². The molecule has 5 rings (SSSR count). The van der Waals surface area contributed by atoms with Gasteiger partial charge in [0.2, 0.25) is 0 Å². The fourth-order valence-electron chi connectivity index (χ4n) is 4.77. The van der Waals surface area contributed by atoms with E-state index in [1.54, 1.807) is 45.0 Å². The molecule has 6 atom stereocenters. The van der Waals surface area contributed by atoms with Crippen LogP contribution in [0.25, 0.3) is 21.9 Å². The molecular weight excluding hydrogens is 579 g/mol. The first-order chi connectivity index (χ1) is 20.2. The van der Waals surface area contributed by atoms with E-state index in [1.165, 1.54) is 31.1 Å². The van der Waals surface area contributed by atoms with E-state index in [2.05, 4.69) is 20.0 Å². The molecule has 5 N–H and O–H groups in total. The van der Waals surface area contributed by atoms with Gasteiger partial charge < -0.3 is 29.9 Å². The Morgan fingerprint density at radius 3 is 2.67 bits per heavy atom. The van der Waals surface area contributed by atoms with Crippen molar-refractivity contribution in [2.45, 2.75) is 70.3 Å². The quantitative estimate of drug-likeness (QED) is 0.159. The number of anilines is 1. The van der Waals surface area contributed by atoms with E-state index < -0.39 is 56.0 Å². The van der Waals surface area contributed by atoms with Crippen LogP contribution in [-0.2, 0) is 23.4 Å². The number of aliphatic hydroxyl groups excluding tert-OH is 1. The van der Waals surface area contributed by atoms with Crippen molar-refractivity contribution in [1.82, 2.24) is 24.6 Å². The first-order valence-corrected chi connectivity index (χ1v) is 15.1. The Bertz CT molecular complexity index is 1680. The van der Waals surface area contributed by atoms with Gasteiger partial charge in [0.25, 0.3) is 0 Å². The molecule has 1 fully saturated rings. The second kappa shape index (κ2) is 11.5. The van der Waals surface area contributed by atoms with E-state index in [9.17, 15) is 19.6 Å². The first kappa shape index (κ1) is 30.8. The van der Waals surface area contributed by atoms with Crippen LogP contribution in [0.4, 0.5) is 5.82 Å². The molecule has 43 heavy (non-hydrogen) atoms. The molecule has 1 saturated heterocycles. The molecule has 0 spiro atoms. The third kappa shape index (κ3) is 6.35. The van der Waals surface area contributed by atoms with Crippen molar-refractivity contribution in [1.29, 1.82) is 0 Å². The molecule has 2 aromatic heterocycles. The van der Waals surface area contributed by atoms with Crippen molar-refractivity contribution in [2.75, 3.05) is 12.3 Å². The predicted octanol–water partition coefficient (Wildman–Crippen LogP) is 3.09.